The third kappa shape index (κ3) is 2.21. The van der Waals surface area contributed by atoms with Crippen molar-refractivity contribution in [3.05, 3.63) is 59.9 Å². The SMILES string of the molecule is COC(=O)c1ccc2oc(C=O)c(-c3ccccc3)c2c1. The van der Waals surface area contributed by atoms with Gasteiger partial charge in [0.05, 0.1) is 12.7 Å². The zero-order chi connectivity index (χ0) is 14.8. The molecule has 0 atom stereocenters. The monoisotopic (exact) mass is 280 g/mol. The quantitative estimate of drug-likeness (QED) is 0.542. The maximum atomic E-state index is 11.7. The first kappa shape index (κ1) is 13.1. The summed E-state index contributed by atoms with van der Waals surface area (Å²) in [4.78, 5) is 22.9. The normalized spacial score (nSPS) is 10.5. The van der Waals surface area contributed by atoms with E-state index in [0.717, 1.165) is 5.56 Å². The summed E-state index contributed by atoms with van der Waals surface area (Å²) >= 11 is 0. The van der Waals surface area contributed by atoms with E-state index < -0.39 is 5.97 Å². The molecule has 21 heavy (non-hydrogen) atoms. The highest BCUT2D eigenvalue weighted by atomic mass is 16.5. The first-order chi connectivity index (χ1) is 10.2. The number of benzene rings is 2. The lowest BCUT2D eigenvalue weighted by Gasteiger charge is -2.01. The molecule has 4 nitrogen and oxygen atoms in total. The van der Waals surface area contributed by atoms with Crippen LogP contribution in [0.5, 0.6) is 0 Å². The fourth-order valence-corrected chi connectivity index (χ4v) is 2.35. The van der Waals surface area contributed by atoms with Crippen LogP contribution in [0.1, 0.15) is 20.9 Å². The van der Waals surface area contributed by atoms with E-state index in [1.165, 1.54) is 7.11 Å². The molecule has 0 aliphatic rings. The molecule has 0 fully saturated rings. The van der Waals surface area contributed by atoms with E-state index in [0.29, 0.717) is 28.4 Å². The molecule has 0 amide bonds. The average Bonchev–Trinajstić information content (AvgIpc) is 2.92. The van der Waals surface area contributed by atoms with E-state index in [1.807, 2.05) is 30.3 Å². The third-order valence-corrected chi connectivity index (χ3v) is 3.31. The van der Waals surface area contributed by atoms with E-state index >= 15 is 0 Å². The Kier molecular flexibility index (Phi) is 3.28. The Morgan fingerprint density at radius 2 is 1.90 bits per heavy atom. The number of hydrogen-bond acceptors (Lipinski definition) is 4. The number of methoxy groups -OCH3 is 1. The van der Waals surface area contributed by atoms with Gasteiger partial charge < -0.3 is 9.15 Å². The number of furan rings is 1. The summed E-state index contributed by atoms with van der Waals surface area (Å²) < 4.78 is 10.3. The van der Waals surface area contributed by atoms with Crippen molar-refractivity contribution in [1.29, 1.82) is 0 Å². The van der Waals surface area contributed by atoms with Crippen molar-refractivity contribution in [1.82, 2.24) is 0 Å². The number of fused-ring (bicyclic) bond motifs is 1. The van der Waals surface area contributed by atoms with Crippen LogP contribution in [-0.2, 0) is 4.74 Å². The van der Waals surface area contributed by atoms with Gasteiger partial charge in [-0.05, 0) is 23.8 Å². The molecular weight excluding hydrogens is 268 g/mol. The lowest BCUT2D eigenvalue weighted by Crippen LogP contribution is -2.00. The molecule has 4 heteroatoms. The Labute approximate surface area is 120 Å². The second-order valence-electron chi connectivity index (χ2n) is 4.53. The van der Waals surface area contributed by atoms with Crippen LogP contribution in [0.3, 0.4) is 0 Å². The number of rotatable bonds is 3. The van der Waals surface area contributed by atoms with Gasteiger partial charge in [-0.2, -0.15) is 0 Å². The summed E-state index contributed by atoms with van der Waals surface area (Å²) in [5.41, 5.74) is 2.52. The zero-order valence-corrected chi connectivity index (χ0v) is 11.3. The third-order valence-electron chi connectivity index (χ3n) is 3.31. The molecule has 0 radical (unpaired) electrons. The van der Waals surface area contributed by atoms with Gasteiger partial charge in [-0.3, -0.25) is 4.79 Å². The fourth-order valence-electron chi connectivity index (χ4n) is 2.35. The highest BCUT2D eigenvalue weighted by Gasteiger charge is 2.17. The van der Waals surface area contributed by atoms with Gasteiger partial charge in [-0.15, -0.1) is 0 Å². The summed E-state index contributed by atoms with van der Waals surface area (Å²) in [5, 5.41) is 0.714. The Hall–Kier alpha value is -2.88. The van der Waals surface area contributed by atoms with E-state index in [4.69, 9.17) is 9.15 Å². The number of carbonyl (C=O) groups is 2. The molecule has 0 aliphatic heterocycles. The lowest BCUT2D eigenvalue weighted by molar-refractivity contribution is 0.0601. The lowest BCUT2D eigenvalue weighted by atomic mass is 10.0. The zero-order valence-electron chi connectivity index (χ0n) is 11.3. The Bertz CT molecular complexity index is 815. The molecule has 0 N–H and O–H groups in total. The van der Waals surface area contributed by atoms with Crippen molar-refractivity contribution in [3.8, 4) is 11.1 Å². The smallest absolute Gasteiger partial charge is 0.337 e. The maximum absolute atomic E-state index is 11.7. The van der Waals surface area contributed by atoms with Crippen molar-refractivity contribution in [3.63, 3.8) is 0 Å². The van der Waals surface area contributed by atoms with Gasteiger partial charge in [0.2, 0.25) is 0 Å². The molecule has 3 rings (SSSR count). The van der Waals surface area contributed by atoms with Gasteiger partial charge in [0.25, 0.3) is 0 Å². The number of esters is 1. The second kappa shape index (κ2) is 5.25. The first-order valence-electron chi connectivity index (χ1n) is 6.40. The largest absolute Gasteiger partial charge is 0.465 e. The molecule has 0 aliphatic carbocycles. The maximum Gasteiger partial charge on any atom is 0.337 e. The molecular formula is C17H12O4. The molecule has 0 saturated heterocycles. The predicted octanol–water partition coefficient (Wildman–Crippen LogP) is 3.70. The Morgan fingerprint density at radius 1 is 1.14 bits per heavy atom. The van der Waals surface area contributed by atoms with Gasteiger partial charge in [-0.1, -0.05) is 30.3 Å². The second-order valence-corrected chi connectivity index (χ2v) is 4.53. The van der Waals surface area contributed by atoms with E-state index in [2.05, 4.69) is 0 Å². The van der Waals surface area contributed by atoms with Crippen LogP contribution in [-0.4, -0.2) is 19.4 Å². The van der Waals surface area contributed by atoms with Crippen molar-refractivity contribution in [2.75, 3.05) is 7.11 Å². The summed E-state index contributed by atoms with van der Waals surface area (Å²) in [5.74, 6) is -0.178. The van der Waals surface area contributed by atoms with Crippen LogP contribution in [0.25, 0.3) is 22.1 Å². The van der Waals surface area contributed by atoms with Gasteiger partial charge >= 0.3 is 5.97 Å². The van der Waals surface area contributed by atoms with Crippen molar-refractivity contribution in [2.24, 2.45) is 0 Å². The molecule has 1 heterocycles. The van der Waals surface area contributed by atoms with Crippen LogP contribution >= 0.6 is 0 Å². The topological polar surface area (TPSA) is 56.5 Å². The highest BCUT2D eigenvalue weighted by molar-refractivity contribution is 6.05. The molecule has 0 unspecified atom stereocenters. The van der Waals surface area contributed by atoms with E-state index in [9.17, 15) is 9.59 Å². The summed E-state index contributed by atoms with van der Waals surface area (Å²) in [7, 11) is 1.33. The Morgan fingerprint density at radius 3 is 2.57 bits per heavy atom. The summed E-state index contributed by atoms with van der Waals surface area (Å²) in [6.45, 7) is 0. The fraction of sp³-hybridized carbons (Fsp3) is 0.0588. The standard InChI is InChI=1S/C17H12O4/c1-20-17(19)12-7-8-14-13(9-12)16(15(10-18)21-14)11-5-3-2-4-6-11/h2-10H,1H3. The summed E-state index contributed by atoms with van der Waals surface area (Å²) in [6, 6.07) is 14.4. The average molecular weight is 280 g/mol. The van der Waals surface area contributed by atoms with Crippen LogP contribution in [0, 0.1) is 0 Å². The number of hydrogen-bond donors (Lipinski definition) is 0. The molecule has 0 spiro atoms. The van der Waals surface area contributed by atoms with Crippen LogP contribution in [0.4, 0.5) is 0 Å². The molecule has 1 aromatic heterocycles. The van der Waals surface area contributed by atoms with Gasteiger partial charge in [-0.25, -0.2) is 4.79 Å². The van der Waals surface area contributed by atoms with Crippen molar-refractivity contribution >= 4 is 23.2 Å². The van der Waals surface area contributed by atoms with Crippen molar-refractivity contribution in [2.45, 2.75) is 0 Å². The molecule has 0 saturated carbocycles. The molecule has 3 aromatic rings. The van der Waals surface area contributed by atoms with Crippen LogP contribution in [0.15, 0.2) is 52.9 Å². The van der Waals surface area contributed by atoms with E-state index in [-0.39, 0.29) is 5.76 Å². The van der Waals surface area contributed by atoms with Gasteiger partial charge in [0, 0.05) is 10.9 Å². The highest BCUT2D eigenvalue weighted by Crippen LogP contribution is 2.34. The minimum absolute atomic E-state index is 0.248. The van der Waals surface area contributed by atoms with Crippen molar-refractivity contribution < 1.29 is 18.7 Å². The Balaban J connectivity index is 2.30. The molecule has 104 valence electrons. The predicted molar refractivity (Wildman–Crippen MR) is 78.4 cm³/mol. The molecule has 2 aromatic carbocycles. The minimum Gasteiger partial charge on any atom is -0.465 e. The molecule has 0 bridgehead atoms. The first-order valence-corrected chi connectivity index (χ1v) is 6.40. The summed E-state index contributed by atoms with van der Waals surface area (Å²) in [6.07, 6.45) is 0.681. The minimum atomic E-state index is -0.426. The van der Waals surface area contributed by atoms with E-state index in [1.54, 1.807) is 18.2 Å². The number of ether oxygens (including phenoxy) is 1. The van der Waals surface area contributed by atoms with Gasteiger partial charge in [0.15, 0.2) is 12.0 Å². The number of aldehydes is 1. The number of carbonyl (C=O) groups excluding carboxylic acids is 2. The van der Waals surface area contributed by atoms with Crippen LogP contribution < -0.4 is 0 Å². The van der Waals surface area contributed by atoms with Gasteiger partial charge in [0.1, 0.15) is 5.58 Å². The van der Waals surface area contributed by atoms with Crippen LogP contribution in [0.2, 0.25) is 0 Å².